The molecule has 0 aliphatic carbocycles. The van der Waals surface area contributed by atoms with Crippen molar-refractivity contribution >= 4 is 39.3 Å². The van der Waals surface area contributed by atoms with Crippen molar-refractivity contribution in [2.75, 3.05) is 18.2 Å². The van der Waals surface area contributed by atoms with Gasteiger partial charge in [0.2, 0.25) is 5.91 Å². The van der Waals surface area contributed by atoms with Crippen molar-refractivity contribution in [3.63, 3.8) is 0 Å². The summed E-state index contributed by atoms with van der Waals surface area (Å²) in [4.78, 5) is 12.1. The Bertz CT molecular complexity index is 676. The molecular weight excluding hydrogens is 374 g/mol. The largest absolute Gasteiger partial charge is 0.496 e. The smallest absolute Gasteiger partial charge is 0.234 e. The molecule has 0 bridgehead atoms. The van der Waals surface area contributed by atoms with Crippen LogP contribution in [0.4, 0.5) is 5.69 Å². The second kappa shape index (κ2) is 8.99. The molecular formula is C18H20BrNO2S. The van der Waals surface area contributed by atoms with Gasteiger partial charge in [0.1, 0.15) is 5.75 Å². The van der Waals surface area contributed by atoms with E-state index in [9.17, 15) is 4.79 Å². The SMILES string of the molecule is CCc1ccccc1NC(=O)CSCc1ccc(OC)c(Br)c1. The normalized spacial score (nSPS) is 10.4. The standard InChI is InChI=1S/C18H20BrNO2S/c1-3-14-6-4-5-7-16(14)20-18(21)12-23-11-13-8-9-17(22-2)15(19)10-13/h4-10H,3,11-12H2,1-2H3,(H,20,21). The van der Waals surface area contributed by atoms with Crippen molar-refractivity contribution in [2.24, 2.45) is 0 Å². The van der Waals surface area contributed by atoms with Gasteiger partial charge in [-0.05, 0) is 51.7 Å². The molecule has 3 nitrogen and oxygen atoms in total. The molecule has 0 unspecified atom stereocenters. The van der Waals surface area contributed by atoms with Crippen LogP contribution in [0.5, 0.6) is 5.75 Å². The zero-order valence-corrected chi connectivity index (χ0v) is 15.7. The molecule has 1 amide bonds. The summed E-state index contributed by atoms with van der Waals surface area (Å²) in [5, 5.41) is 2.99. The van der Waals surface area contributed by atoms with Crippen molar-refractivity contribution in [1.29, 1.82) is 0 Å². The number of ether oxygens (including phenoxy) is 1. The minimum absolute atomic E-state index is 0.0310. The number of benzene rings is 2. The van der Waals surface area contributed by atoms with Crippen LogP contribution in [0.1, 0.15) is 18.1 Å². The predicted octanol–water partition coefficient (Wildman–Crippen LogP) is 4.89. The molecule has 0 aliphatic rings. The van der Waals surface area contributed by atoms with Crippen LogP contribution in [-0.2, 0) is 17.0 Å². The molecule has 5 heteroatoms. The van der Waals surface area contributed by atoms with E-state index in [-0.39, 0.29) is 5.91 Å². The van der Waals surface area contributed by atoms with Gasteiger partial charge in [-0.2, -0.15) is 0 Å². The molecule has 1 N–H and O–H groups in total. The minimum Gasteiger partial charge on any atom is -0.496 e. The molecule has 0 saturated heterocycles. The van der Waals surface area contributed by atoms with Gasteiger partial charge in [-0.1, -0.05) is 31.2 Å². The fourth-order valence-corrected chi connectivity index (χ4v) is 3.56. The van der Waals surface area contributed by atoms with Crippen molar-refractivity contribution in [2.45, 2.75) is 19.1 Å². The fraction of sp³-hybridized carbons (Fsp3) is 0.278. The van der Waals surface area contributed by atoms with E-state index in [4.69, 9.17) is 4.74 Å². The van der Waals surface area contributed by atoms with E-state index in [1.807, 2.05) is 42.5 Å². The maximum Gasteiger partial charge on any atom is 0.234 e. The molecule has 23 heavy (non-hydrogen) atoms. The number of para-hydroxylation sites is 1. The first-order chi connectivity index (χ1) is 11.1. The van der Waals surface area contributed by atoms with Crippen LogP contribution >= 0.6 is 27.7 Å². The van der Waals surface area contributed by atoms with Gasteiger partial charge in [-0.25, -0.2) is 0 Å². The van der Waals surface area contributed by atoms with Gasteiger partial charge in [0.25, 0.3) is 0 Å². The fourth-order valence-electron chi connectivity index (χ4n) is 2.20. The topological polar surface area (TPSA) is 38.3 Å². The summed E-state index contributed by atoms with van der Waals surface area (Å²) in [6, 6.07) is 13.9. The number of amides is 1. The predicted molar refractivity (Wildman–Crippen MR) is 101 cm³/mol. The van der Waals surface area contributed by atoms with E-state index < -0.39 is 0 Å². The molecule has 2 rings (SSSR count). The molecule has 0 fully saturated rings. The maximum absolute atomic E-state index is 12.1. The molecule has 0 atom stereocenters. The van der Waals surface area contributed by atoms with Crippen molar-refractivity contribution in [1.82, 2.24) is 0 Å². The van der Waals surface area contributed by atoms with Crippen LogP contribution < -0.4 is 10.1 Å². The highest BCUT2D eigenvalue weighted by Crippen LogP contribution is 2.27. The Morgan fingerprint density at radius 3 is 2.74 bits per heavy atom. The van der Waals surface area contributed by atoms with Crippen LogP contribution in [0.15, 0.2) is 46.9 Å². The number of carbonyl (C=O) groups is 1. The number of thioether (sulfide) groups is 1. The first-order valence-electron chi connectivity index (χ1n) is 7.42. The number of nitrogens with one attached hydrogen (secondary N) is 1. The van der Waals surface area contributed by atoms with Crippen LogP contribution in [0, 0.1) is 0 Å². The molecule has 0 heterocycles. The lowest BCUT2D eigenvalue weighted by Gasteiger charge is -2.10. The highest BCUT2D eigenvalue weighted by atomic mass is 79.9. The zero-order valence-electron chi connectivity index (χ0n) is 13.3. The Balaban J connectivity index is 1.84. The lowest BCUT2D eigenvalue weighted by molar-refractivity contribution is -0.113. The Morgan fingerprint density at radius 2 is 2.04 bits per heavy atom. The van der Waals surface area contributed by atoms with Gasteiger partial charge in [-0.3, -0.25) is 4.79 Å². The van der Waals surface area contributed by atoms with E-state index >= 15 is 0 Å². The lowest BCUT2D eigenvalue weighted by Crippen LogP contribution is -2.15. The third-order valence-electron chi connectivity index (χ3n) is 3.39. The number of aryl methyl sites for hydroxylation is 1. The van der Waals surface area contributed by atoms with Gasteiger partial charge in [-0.15, -0.1) is 11.8 Å². The average Bonchev–Trinajstić information content (AvgIpc) is 2.55. The number of halogens is 1. The summed E-state index contributed by atoms with van der Waals surface area (Å²) in [7, 11) is 1.65. The van der Waals surface area contributed by atoms with Gasteiger partial charge in [0.05, 0.1) is 17.3 Å². The summed E-state index contributed by atoms with van der Waals surface area (Å²) >= 11 is 5.07. The highest BCUT2D eigenvalue weighted by molar-refractivity contribution is 9.10. The van der Waals surface area contributed by atoms with Gasteiger partial charge >= 0.3 is 0 Å². The molecule has 0 radical (unpaired) electrons. The van der Waals surface area contributed by atoms with Gasteiger partial charge in [0, 0.05) is 11.4 Å². The van der Waals surface area contributed by atoms with Gasteiger partial charge < -0.3 is 10.1 Å². The lowest BCUT2D eigenvalue weighted by atomic mass is 10.1. The summed E-state index contributed by atoms with van der Waals surface area (Å²) in [6.45, 7) is 2.08. The first kappa shape index (κ1) is 17.9. The number of rotatable bonds is 7. The van der Waals surface area contributed by atoms with Crippen LogP contribution in [0.25, 0.3) is 0 Å². The van der Waals surface area contributed by atoms with Crippen molar-refractivity contribution in [3.8, 4) is 5.75 Å². The molecule has 0 spiro atoms. The van der Waals surface area contributed by atoms with Crippen LogP contribution in [0.3, 0.4) is 0 Å². The number of hydrogen-bond donors (Lipinski definition) is 1. The summed E-state index contributed by atoms with van der Waals surface area (Å²) in [6.07, 6.45) is 0.906. The monoisotopic (exact) mass is 393 g/mol. The van der Waals surface area contributed by atoms with Crippen LogP contribution in [-0.4, -0.2) is 18.8 Å². The second-order valence-corrected chi connectivity index (χ2v) is 6.86. The van der Waals surface area contributed by atoms with Crippen molar-refractivity contribution in [3.05, 3.63) is 58.1 Å². The van der Waals surface area contributed by atoms with Gasteiger partial charge in [0.15, 0.2) is 0 Å². The first-order valence-corrected chi connectivity index (χ1v) is 9.36. The minimum atomic E-state index is 0.0310. The Morgan fingerprint density at radius 1 is 1.26 bits per heavy atom. The summed E-state index contributed by atoms with van der Waals surface area (Å²) < 4.78 is 6.14. The van der Waals surface area contributed by atoms with E-state index in [0.717, 1.165) is 39.2 Å². The van der Waals surface area contributed by atoms with Crippen molar-refractivity contribution < 1.29 is 9.53 Å². The Labute approximate surface area is 149 Å². The third kappa shape index (κ3) is 5.29. The Kier molecular flexibility index (Phi) is 6.99. The Hall–Kier alpha value is -1.46. The number of carbonyl (C=O) groups excluding carboxylic acids is 1. The maximum atomic E-state index is 12.1. The highest BCUT2D eigenvalue weighted by Gasteiger charge is 2.07. The summed E-state index contributed by atoms with van der Waals surface area (Å²) in [5.41, 5.74) is 3.22. The molecule has 122 valence electrons. The molecule has 2 aromatic rings. The molecule has 2 aromatic carbocycles. The third-order valence-corrected chi connectivity index (χ3v) is 5.01. The molecule has 0 aromatic heterocycles. The molecule has 0 saturated carbocycles. The number of hydrogen-bond acceptors (Lipinski definition) is 3. The second-order valence-electron chi connectivity index (χ2n) is 5.02. The average molecular weight is 394 g/mol. The van der Waals surface area contributed by atoms with E-state index in [1.54, 1.807) is 18.9 Å². The van der Waals surface area contributed by atoms with E-state index in [2.05, 4.69) is 28.2 Å². The zero-order chi connectivity index (χ0) is 16.7. The van der Waals surface area contributed by atoms with E-state index in [1.165, 1.54) is 0 Å². The van der Waals surface area contributed by atoms with E-state index in [0.29, 0.717) is 5.75 Å². The summed E-state index contributed by atoms with van der Waals surface area (Å²) in [5.74, 6) is 2.06. The van der Waals surface area contributed by atoms with Crippen LogP contribution in [0.2, 0.25) is 0 Å². The quantitative estimate of drug-likeness (QED) is 0.727. The molecule has 0 aliphatic heterocycles. The number of methoxy groups -OCH3 is 1. The number of anilines is 1.